The van der Waals surface area contributed by atoms with Gasteiger partial charge in [0.05, 0.1) is 13.2 Å². The second-order valence-corrected chi connectivity index (χ2v) is 5.61. The van der Waals surface area contributed by atoms with Crippen LogP contribution in [0.15, 0.2) is 18.2 Å². The molecule has 0 aliphatic carbocycles. The van der Waals surface area contributed by atoms with Crippen molar-refractivity contribution in [2.75, 3.05) is 27.3 Å². The predicted molar refractivity (Wildman–Crippen MR) is 88.5 cm³/mol. The van der Waals surface area contributed by atoms with Crippen molar-refractivity contribution in [2.24, 2.45) is 5.73 Å². The van der Waals surface area contributed by atoms with E-state index < -0.39 is 0 Å². The lowest BCUT2D eigenvalue weighted by Gasteiger charge is -2.38. The minimum Gasteiger partial charge on any atom is -0.497 e. The molecule has 1 saturated heterocycles. The normalized spacial score (nSPS) is 22.7. The Morgan fingerprint density at radius 1 is 1.38 bits per heavy atom. The fourth-order valence-electron chi connectivity index (χ4n) is 2.75. The SMILES string of the molecule is COc1ccc(Cl)c(CN2CCC(OC)CC2CN)c1.Cl. The molecule has 1 aliphatic heterocycles. The average molecular weight is 335 g/mol. The van der Waals surface area contributed by atoms with E-state index in [1.165, 1.54) is 0 Å². The highest BCUT2D eigenvalue weighted by Crippen LogP contribution is 2.27. The van der Waals surface area contributed by atoms with Crippen LogP contribution in [0.2, 0.25) is 5.02 Å². The Kier molecular flexibility index (Phi) is 7.77. The Bertz CT molecular complexity index is 446. The summed E-state index contributed by atoms with van der Waals surface area (Å²) in [7, 11) is 3.44. The molecular formula is C15H24Cl2N2O2. The molecule has 1 aliphatic rings. The largest absolute Gasteiger partial charge is 0.497 e. The summed E-state index contributed by atoms with van der Waals surface area (Å²) < 4.78 is 10.7. The van der Waals surface area contributed by atoms with Crippen LogP contribution < -0.4 is 10.5 Å². The van der Waals surface area contributed by atoms with Crippen LogP contribution in [0.3, 0.4) is 0 Å². The molecule has 4 nitrogen and oxygen atoms in total. The number of hydrogen-bond donors (Lipinski definition) is 1. The third kappa shape index (κ3) is 4.73. The summed E-state index contributed by atoms with van der Waals surface area (Å²) in [5.74, 6) is 0.834. The summed E-state index contributed by atoms with van der Waals surface area (Å²) in [4.78, 5) is 2.39. The third-order valence-electron chi connectivity index (χ3n) is 4.02. The van der Waals surface area contributed by atoms with Crippen LogP contribution in [0.25, 0.3) is 0 Å². The Labute approximate surface area is 137 Å². The van der Waals surface area contributed by atoms with Crippen molar-refractivity contribution in [3.63, 3.8) is 0 Å². The van der Waals surface area contributed by atoms with Crippen LogP contribution in [0.4, 0.5) is 0 Å². The Hall–Kier alpha value is -0.520. The summed E-state index contributed by atoms with van der Waals surface area (Å²) in [5, 5.41) is 0.774. The van der Waals surface area contributed by atoms with Crippen LogP contribution in [0.1, 0.15) is 18.4 Å². The zero-order valence-corrected chi connectivity index (χ0v) is 14.1. The molecule has 2 N–H and O–H groups in total. The molecule has 0 spiro atoms. The highest BCUT2D eigenvalue weighted by atomic mass is 35.5. The third-order valence-corrected chi connectivity index (χ3v) is 4.39. The van der Waals surface area contributed by atoms with Gasteiger partial charge in [0.1, 0.15) is 5.75 Å². The first-order chi connectivity index (χ1) is 9.67. The van der Waals surface area contributed by atoms with Gasteiger partial charge in [-0.1, -0.05) is 11.6 Å². The van der Waals surface area contributed by atoms with Gasteiger partial charge in [-0.2, -0.15) is 0 Å². The molecule has 2 atom stereocenters. The van der Waals surface area contributed by atoms with Gasteiger partial charge in [-0.25, -0.2) is 0 Å². The number of hydrogen-bond acceptors (Lipinski definition) is 4. The number of ether oxygens (including phenoxy) is 2. The molecule has 0 amide bonds. The van der Waals surface area contributed by atoms with Crippen molar-refractivity contribution in [1.29, 1.82) is 0 Å². The molecule has 2 unspecified atom stereocenters. The topological polar surface area (TPSA) is 47.7 Å². The number of likely N-dealkylation sites (tertiary alicyclic amines) is 1. The Morgan fingerprint density at radius 3 is 2.76 bits per heavy atom. The van der Waals surface area contributed by atoms with E-state index in [2.05, 4.69) is 4.90 Å². The van der Waals surface area contributed by atoms with Crippen molar-refractivity contribution in [2.45, 2.75) is 31.5 Å². The van der Waals surface area contributed by atoms with E-state index in [1.54, 1.807) is 14.2 Å². The highest BCUT2D eigenvalue weighted by molar-refractivity contribution is 6.31. The molecule has 0 radical (unpaired) electrons. The maximum atomic E-state index is 6.28. The second-order valence-electron chi connectivity index (χ2n) is 5.20. The van der Waals surface area contributed by atoms with Gasteiger partial charge < -0.3 is 15.2 Å². The maximum absolute atomic E-state index is 6.28. The van der Waals surface area contributed by atoms with Gasteiger partial charge in [0.2, 0.25) is 0 Å². The second kappa shape index (κ2) is 8.81. The predicted octanol–water partition coefficient (Wildman–Crippen LogP) is 2.71. The smallest absolute Gasteiger partial charge is 0.119 e. The average Bonchev–Trinajstić information content (AvgIpc) is 2.49. The zero-order chi connectivity index (χ0) is 14.5. The van der Waals surface area contributed by atoms with Crippen molar-refractivity contribution >= 4 is 24.0 Å². The number of methoxy groups -OCH3 is 2. The summed E-state index contributed by atoms with van der Waals surface area (Å²) in [5.41, 5.74) is 6.99. The van der Waals surface area contributed by atoms with E-state index in [0.29, 0.717) is 18.7 Å². The number of halogens is 2. The van der Waals surface area contributed by atoms with Gasteiger partial charge in [0.15, 0.2) is 0 Å². The van der Waals surface area contributed by atoms with E-state index >= 15 is 0 Å². The van der Waals surface area contributed by atoms with Crippen LogP contribution in [-0.4, -0.2) is 44.4 Å². The minimum atomic E-state index is 0. The van der Waals surface area contributed by atoms with Crippen molar-refractivity contribution in [3.05, 3.63) is 28.8 Å². The highest BCUT2D eigenvalue weighted by Gasteiger charge is 2.27. The molecule has 0 aromatic heterocycles. The van der Waals surface area contributed by atoms with Crippen molar-refractivity contribution in [3.8, 4) is 5.75 Å². The molecule has 0 saturated carbocycles. The fraction of sp³-hybridized carbons (Fsp3) is 0.600. The van der Waals surface area contributed by atoms with Crippen LogP contribution in [0, 0.1) is 0 Å². The van der Waals surface area contributed by atoms with Gasteiger partial charge in [-0.3, -0.25) is 4.90 Å². The maximum Gasteiger partial charge on any atom is 0.119 e. The van der Waals surface area contributed by atoms with Gasteiger partial charge in [-0.15, -0.1) is 12.4 Å². The lowest BCUT2D eigenvalue weighted by atomic mass is 9.98. The molecular weight excluding hydrogens is 311 g/mol. The first-order valence-corrected chi connectivity index (χ1v) is 7.35. The lowest BCUT2D eigenvalue weighted by Crippen LogP contribution is -2.48. The van der Waals surface area contributed by atoms with Crippen LogP contribution in [0.5, 0.6) is 5.75 Å². The molecule has 1 aromatic carbocycles. The van der Waals surface area contributed by atoms with Crippen molar-refractivity contribution in [1.82, 2.24) is 4.90 Å². The van der Waals surface area contributed by atoms with E-state index in [-0.39, 0.29) is 12.4 Å². The zero-order valence-electron chi connectivity index (χ0n) is 12.5. The molecule has 1 fully saturated rings. The Balaban J connectivity index is 0.00000220. The molecule has 2 rings (SSSR count). The quantitative estimate of drug-likeness (QED) is 0.899. The van der Waals surface area contributed by atoms with Gasteiger partial charge >= 0.3 is 0 Å². The molecule has 0 bridgehead atoms. The monoisotopic (exact) mass is 334 g/mol. The Morgan fingerprint density at radius 2 is 2.14 bits per heavy atom. The van der Waals surface area contributed by atoms with E-state index in [0.717, 1.165) is 42.3 Å². The standard InChI is InChI=1S/C15H23ClN2O2.ClH/c1-19-13-3-4-15(16)11(7-13)10-18-6-5-14(20-2)8-12(18)9-17;/h3-4,7,12,14H,5-6,8-10,17H2,1-2H3;1H. The number of piperidine rings is 1. The minimum absolute atomic E-state index is 0. The number of nitrogens with two attached hydrogens (primary N) is 1. The number of rotatable bonds is 5. The fourth-order valence-corrected chi connectivity index (χ4v) is 2.93. The lowest BCUT2D eigenvalue weighted by molar-refractivity contribution is 0.0102. The van der Waals surface area contributed by atoms with Gasteiger partial charge in [0, 0.05) is 37.8 Å². The number of benzene rings is 1. The summed E-state index contributed by atoms with van der Waals surface area (Å²) in [6.07, 6.45) is 2.34. The first-order valence-electron chi connectivity index (χ1n) is 6.97. The van der Waals surface area contributed by atoms with Gasteiger partial charge in [-0.05, 0) is 36.6 Å². The molecule has 1 aromatic rings. The summed E-state index contributed by atoms with van der Waals surface area (Å²) in [6, 6.07) is 6.10. The molecule has 21 heavy (non-hydrogen) atoms. The van der Waals surface area contributed by atoms with Crippen LogP contribution >= 0.6 is 24.0 Å². The molecule has 6 heteroatoms. The van der Waals surface area contributed by atoms with E-state index in [9.17, 15) is 0 Å². The van der Waals surface area contributed by atoms with Crippen molar-refractivity contribution < 1.29 is 9.47 Å². The van der Waals surface area contributed by atoms with Gasteiger partial charge in [0.25, 0.3) is 0 Å². The summed E-state index contributed by atoms with van der Waals surface area (Å²) >= 11 is 6.28. The van der Waals surface area contributed by atoms with E-state index in [4.69, 9.17) is 26.8 Å². The molecule has 1 heterocycles. The van der Waals surface area contributed by atoms with E-state index in [1.807, 2.05) is 18.2 Å². The number of nitrogens with zero attached hydrogens (tertiary/aromatic N) is 1. The molecule has 120 valence electrons. The first kappa shape index (κ1) is 18.5. The van der Waals surface area contributed by atoms with Crippen LogP contribution in [-0.2, 0) is 11.3 Å². The summed E-state index contributed by atoms with van der Waals surface area (Å²) in [6.45, 7) is 2.42.